The summed E-state index contributed by atoms with van der Waals surface area (Å²) in [6.45, 7) is 7.43. The second kappa shape index (κ2) is 9.34. The summed E-state index contributed by atoms with van der Waals surface area (Å²) in [7, 11) is 1.76. The molecule has 8 nitrogen and oxygen atoms in total. The Balaban J connectivity index is 1.66. The Bertz CT molecular complexity index is 879. The van der Waals surface area contributed by atoms with Gasteiger partial charge in [0.25, 0.3) is 0 Å². The number of piperidine rings is 1. The highest BCUT2D eigenvalue weighted by Crippen LogP contribution is 2.19. The van der Waals surface area contributed by atoms with Gasteiger partial charge in [-0.3, -0.25) is 10.3 Å². The van der Waals surface area contributed by atoms with Crippen molar-refractivity contribution in [2.75, 3.05) is 42.2 Å². The molecule has 29 heavy (non-hydrogen) atoms. The van der Waals surface area contributed by atoms with E-state index in [1.54, 1.807) is 36.2 Å². The van der Waals surface area contributed by atoms with Crippen LogP contribution < -0.4 is 15.5 Å². The van der Waals surface area contributed by atoms with Crippen LogP contribution in [0.1, 0.15) is 31.0 Å². The lowest BCUT2D eigenvalue weighted by atomic mass is 10.1. The predicted octanol–water partition coefficient (Wildman–Crippen LogP) is 3.04. The van der Waals surface area contributed by atoms with Gasteiger partial charge in [0.2, 0.25) is 11.9 Å². The highest BCUT2D eigenvalue weighted by atomic mass is 15.3. The summed E-state index contributed by atoms with van der Waals surface area (Å²) in [5.74, 6) is 1.41. The second-order valence-corrected chi connectivity index (χ2v) is 7.27. The molecule has 3 N–H and O–H groups in total. The number of hydrogen-bond acceptors (Lipinski definition) is 6. The molecule has 0 spiro atoms. The minimum absolute atomic E-state index is 0.155. The summed E-state index contributed by atoms with van der Waals surface area (Å²) in [5.41, 5.74) is 2.16. The molecule has 0 atom stereocenters. The molecule has 0 amide bonds. The Morgan fingerprint density at radius 2 is 1.97 bits per heavy atom. The average Bonchev–Trinajstić information content (AvgIpc) is 2.74. The van der Waals surface area contributed by atoms with Gasteiger partial charge in [-0.2, -0.15) is 10.2 Å². The van der Waals surface area contributed by atoms with Crippen LogP contribution in [0.5, 0.6) is 0 Å². The van der Waals surface area contributed by atoms with E-state index in [1.807, 2.05) is 13.0 Å². The molecule has 2 aromatic rings. The van der Waals surface area contributed by atoms with Gasteiger partial charge in [0.1, 0.15) is 5.82 Å². The number of benzene rings is 1. The van der Waals surface area contributed by atoms with Gasteiger partial charge in [-0.15, -0.1) is 0 Å². The Morgan fingerprint density at radius 3 is 2.59 bits per heavy atom. The normalized spacial score (nSPS) is 14.8. The molecule has 1 aliphatic rings. The van der Waals surface area contributed by atoms with Crippen molar-refractivity contribution in [3.63, 3.8) is 0 Å². The molecule has 8 heteroatoms. The highest BCUT2D eigenvalue weighted by molar-refractivity contribution is 6.01. The summed E-state index contributed by atoms with van der Waals surface area (Å²) in [5, 5.41) is 23.8. The van der Waals surface area contributed by atoms with Gasteiger partial charge in [-0.05, 0) is 50.6 Å². The number of nitrogens with zero attached hydrogens (tertiary/aromatic N) is 5. The molecular weight excluding hydrogens is 364 g/mol. The molecule has 0 unspecified atom stereocenters. The van der Waals surface area contributed by atoms with E-state index < -0.39 is 0 Å². The van der Waals surface area contributed by atoms with Gasteiger partial charge in [0.05, 0.1) is 11.6 Å². The first-order valence-electron chi connectivity index (χ1n) is 9.92. The SMILES string of the molecule is CCN1CCC(Nc2cc(C)nc(N(C)C(=N)Nc3ccc(C#N)cc3)n2)CC1. The molecule has 0 saturated carbocycles. The summed E-state index contributed by atoms with van der Waals surface area (Å²) >= 11 is 0. The summed E-state index contributed by atoms with van der Waals surface area (Å²) in [6.07, 6.45) is 2.19. The van der Waals surface area contributed by atoms with E-state index >= 15 is 0 Å². The number of nitrogens with one attached hydrogen (secondary N) is 3. The number of aromatic nitrogens is 2. The Morgan fingerprint density at radius 1 is 1.28 bits per heavy atom. The van der Waals surface area contributed by atoms with Crippen LogP contribution in [0, 0.1) is 23.7 Å². The lowest BCUT2D eigenvalue weighted by Gasteiger charge is -2.31. The molecule has 0 radical (unpaired) electrons. The van der Waals surface area contributed by atoms with Crippen LogP contribution in [-0.4, -0.2) is 53.6 Å². The van der Waals surface area contributed by atoms with Crippen LogP contribution in [-0.2, 0) is 0 Å². The van der Waals surface area contributed by atoms with Crippen LogP contribution in [0.2, 0.25) is 0 Å². The molecule has 3 rings (SSSR count). The molecule has 1 aromatic heterocycles. The highest BCUT2D eigenvalue weighted by Gasteiger charge is 2.19. The fourth-order valence-corrected chi connectivity index (χ4v) is 3.33. The zero-order chi connectivity index (χ0) is 20.8. The minimum atomic E-state index is 0.155. The summed E-state index contributed by atoms with van der Waals surface area (Å²) < 4.78 is 0. The number of rotatable bonds is 5. The van der Waals surface area contributed by atoms with E-state index in [0.717, 1.165) is 49.7 Å². The Hall–Kier alpha value is -3.18. The number of nitriles is 1. The standard InChI is InChI=1S/C21H28N8/c1-4-29-11-9-18(10-12-29)25-19-13-15(2)24-21(27-19)28(3)20(23)26-17-7-5-16(14-22)6-8-17/h5-8,13,18H,4,9-12H2,1-3H3,(H2,23,26)(H,24,25,27). The van der Waals surface area contributed by atoms with Crippen molar-refractivity contribution >= 4 is 23.4 Å². The van der Waals surface area contributed by atoms with Crippen LogP contribution in [0.15, 0.2) is 30.3 Å². The minimum Gasteiger partial charge on any atom is -0.367 e. The van der Waals surface area contributed by atoms with E-state index in [2.05, 4.69) is 38.5 Å². The molecule has 2 heterocycles. The van der Waals surface area contributed by atoms with Gasteiger partial charge in [0, 0.05) is 43.6 Å². The monoisotopic (exact) mass is 392 g/mol. The fourth-order valence-electron chi connectivity index (χ4n) is 3.33. The van der Waals surface area contributed by atoms with E-state index in [1.165, 1.54) is 0 Å². The van der Waals surface area contributed by atoms with E-state index in [4.69, 9.17) is 10.7 Å². The van der Waals surface area contributed by atoms with E-state index in [9.17, 15) is 0 Å². The van der Waals surface area contributed by atoms with Crippen molar-refractivity contribution in [1.82, 2.24) is 14.9 Å². The van der Waals surface area contributed by atoms with Gasteiger partial charge in [-0.25, -0.2) is 4.98 Å². The third-order valence-corrected chi connectivity index (χ3v) is 5.14. The molecule has 1 aromatic carbocycles. The molecular formula is C21H28N8. The van der Waals surface area contributed by atoms with E-state index in [0.29, 0.717) is 17.6 Å². The number of anilines is 3. The maximum Gasteiger partial charge on any atom is 0.234 e. The zero-order valence-corrected chi connectivity index (χ0v) is 17.2. The maximum atomic E-state index is 8.90. The van der Waals surface area contributed by atoms with Crippen LogP contribution in [0.4, 0.5) is 17.5 Å². The van der Waals surface area contributed by atoms with Crippen molar-refractivity contribution in [3.8, 4) is 6.07 Å². The largest absolute Gasteiger partial charge is 0.367 e. The molecule has 1 fully saturated rings. The van der Waals surface area contributed by atoms with Crippen molar-refractivity contribution in [2.45, 2.75) is 32.7 Å². The smallest absolute Gasteiger partial charge is 0.234 e. The first-order chi connectivity index (χ1) is 14.0. The topological polar surface area (TPSA) is 104 Å². The lowest BCUT2D eigenvalue weighted by Crippen LogP contribution is -2.39. The molecule has 1 aliphatic heterocycles. The third kappa shape index (κ3) is 5.42. The van der Waals surface area contributed by atoms with Crippen LogP contribution in [0.25, 0.3) is 0 Å². The van der Waals surface area contributed by atoms with Crippen molar-refractivity contribution in [2.24, 2.45) is 0 Å². The number of aryl methyl sites for hydroxylation is 1. The van der Waals surface area contributed by atoms with Gasteiger partial charge in [0.15, 0.2) is 0 Å². The Labute approximate surface area is 172 Å². The quantitative estimate of drug-likeness (QED) is 0.531. The predicted molar refractivity (Wildman–Crippen MR) is 116 cm³/mol. The van der Waals surface area contributed by atoms with Gasteiger partial charge < -0.3 is 15.5 Å². The molecule has 1 saturated heterocycles. The number of likely N-dealkylation sites (tertiary alicyclic amines) is 1. The number of hydrogen-bond donors (Lipinski definition) is 3. The third-order valence-electron chi connectivity index (χ3n) is 5.14. The average molecular weight is 393 g/mol. The zero-order valence-electron chi connectivity index (χ0n) is 17.2. The Kier molecular flexibility index (Phi) is 6.62. The summed E-state index contributed by atoms with van der Waals surface area (Å²) in [6, 6.07) is 11.4. The molecule has 0 aliphatic carbocycles. The fraction of sp³-hybridized carbons (Fsp3) is 0.429. The van der Waals surface area contributed by atoms with Crippen LogP contribution in [0.3, 0.4) is 0 Å². The summed E-state index contributed by atoms with van der Waals surface area (Å²) in [4.78, 5) is 13.2. The second-order valence-electron chi connectivity index (χ2n) is 7.27. The van der Waals surface area contributed by atoms with Crippen molar-refractivity contribution < 1.29 is 0 Å². The van der Waals surface area contributed by atoms with Gasteiger partial charge >= 0.3 is 0 Å². The van der Waals surface area contributed by atoms with Crippen LogP contribution >= 0.6 is 0 Å². The first-order valence-corrected chi connectivity index (χ1v) is 9.92. The maximum absolute atomic E-state index is 8.90. The molecule has 152 valence electrons. The van der Waals surface area contributed by atoms with Crippen molar-refractivity contribution in [1.29, 1.82) is 10.7 Å². The van der Waals surface area contributed by atoms with Crippen molar-refractivity contribution in [3.05, 3.63) is 41.6 Å². The van der Waals surface area contributed by atoms with Gasteiger partial charge in [-0.1, -0.05) is 6.92 Å². The number of guanidine groups is 1. The van der Waals surface area contributed by atoms with E-state index in [-0.39, 0.29) is 5.96 Å². The molecule has 0 bridgehead atoms. The lowest BCUT2D eigenvalue weighted by molar-refractivity contribution is 0.229. The first kappa shape index (κ1) is 20.6.